The van der Waals surface area contributed by atoms with E-state index in [0.717, 1.165) is 24.5 Å². The molecule has 0 bridgehead atoms. The summed E-state index contributed by atoms with van der Waals surface area (Å²) in [4.78, 5) is 18.1. The van der Waals surface area contributed by atoms with Gasteiger partial charge < -0.3 is 10.2 Å². The Morgan fingerprint density at radius 2 is 2.06 bits per heavy atom. The Hall–Kier alpha value is -1.58. The van der Waals surface area contributed by atoms with Crippen molar-refractivity contribution >= 4 is 11.7 Å². The molecule has 0 radical (unpaired) electrons. The van der Waals surface area contributed by atoms with Gasteiger partial charge in [-0.1, -0.05) is 20.8 Å². The van der Waals surface area contributed by atoms with E-state index >= 15 is 0 Å². The average Bonchev–Trinajstić information content (AvgIpc) is 2.34. The van der Waals surface area contributed by atoms with Crippen molar-refractivity contribution in [2.45, 2.75) is 33.1 Å². The quantitative estimate of drug-likeness (QED) is 0.872. The molecule has 0 saturated heterocycles. The summed E-state index contributed by atoms with van der Waals surface area (Å²) >= 11 is 0. The molecule has 0 unspecified atom stereocenters. The largest absolute Gasteiger partial charge is 0.370 e. The third kappa shape index (κ3) is 3.72. The number of hydrogen-bond donors (Lipinski definition) is 1. The molecular formula is C14H23N3O. The van der Waals surface area contributed by atoms with Crippen LogP contribution >= 0.6 is 0 Å². The van der Waals surface area contributed by atoms with E-state index in [4.69, 9.17) is 0 Å². The van der Waals surface area contributed by atoms with Crippen LogP contribution < -0.4 is 5.32 Å². The van der Waals surface area contributed by atoms with Crippen LogP contribution in [0.3, 0.4) is 0 Å². The van der Waals surface area contributed by atoms with Gasteiger partial charge in [-0.3, -0.25) is 4.79 Å². The number of amides is 1. The highest BCUT2D eigenvalue weighted by Crippen LogP contribution is 2.18. The molecule has 100 valence electrons. The van der Waals surface area contributed by atoms with Crippen molar-refractivity contribution in [1.29, 1.82) is 0 Å². The second-order valence-corrected chi connectivity index (χ2v) is 4.95. The molecule has 1 heterocycles. The summed E-state index contributed by atoms with van der Waals surface area (Å²) in [5.41, 5.74) is 1.64. The average molecular weight is 249 g/mol. The van der Waals surface area contributed by atoms with Gasteiger partial charge in [0, 0.05) is 31.9 Å². The van der Waals surface area contributed by atoms with Crippen LogP contribution in [0.15, 0.2) is 12.1 Å². The number of aromatic nitrogens is 1. The lowest BCUT2D eigenvalue weighted by Gasteiger charge is -2.14. The van der Waals surface area contributed by atoms with Crippen LogP contribution in [0.25, 0.3) is 0 Å². The maximum Gasteiger partial charge on any atom is 0.253 e. The van der Waals surface area contributed by atoms with Crippen LogP contribution in [0.1, 0.15) is 49.2 Å². The second-order valence-electron chi connectivity index (χ2n) is 4.95. The Kier molecular flexibility index (Phi) is 5.13. The fourth-order valence-corrected chi connectivity index (χ4v) is 1.57. The number of anilines is 1. The van der Waals surface area contributed by atoms with Crippen LogP contribution in [0.2, 0.25) is 0 Å². The zero-order chi connectivity index (χ0) is 13.7. The minimum Gasteiger partial charge on any atom is -0.370 e. The molecule has 1 aromatic heterocycles. The summed E-state index contributed by atoms with van der Waals surface area (Å²) in [6, 6.07) is 3.70. The van der Waals surface area contributed by atoms with Crippen molar-refractivity contribution < 1.29 is 4.79 Å². The lowest BCUT2D eigenvalue weighted by atomic mass is 10.1. The first-order valence-corrected chi connectivity index (χ1v) is 6.43. The number of pyridine rings is 1. The van der Waals surface area contributed by atoms with Gasteiger partial charge in [-0.15, -0.1) is 0 Å². The van der Waals surface area contributed by atoms with E-state index in [1.165, 1.54) is 0 Å². The number of nitrogens with zero attached hydrogens (tertiary/aromatic N) is 2. The predicted molar refractivity (Wildman–Crippen MR) is 75.1 cm³/mol. The first kappa shape index (κ1) is 14.5. The standard InChI is InChI=1S/C14H23N3O/c1-6-7-15-13-9-11(14(18)17(4)5)8-12(16-13)10(2)3/h8-10H,6-7H2,1-5H3,(H,15,16). The first-order chi connectivity index (χ1) is 8.45. The van der Waals surface area contributed by atoms with Crippen molar-refractivity contribution in [3.8, 4) is 0 Å². The number of hydrogen-bond acceptors (Lipinski definition) is 3. The molecule has 0 spiro atoms. The van der Waals surface area contributed by atoms with Crippen LogP contribution in [0, 0.1) is 0 Å². The maximum absolute atomic E-state index is 12.0. The highest BCUT2D eigenvalue weighted by molar-refractivity contribution is 5.94. The maximum atomic E-state index is 12.0. The molecule has 1 aromatic rings. The summed E-state index contributed by atoms with van der Waals surface area (Å²) in [7, 11) is 3.52. The molecule has 0 saturated carbocycles. The number of carbonyl (C=O) groups is 1. The van der Waals surface area contributed by atoms with E-state index in [1.54, 1.807) is 19.0 Å². The normalized spacial score (nSPS) is 10.6. The van der Waals surface area contributed by atoms with Gasteiger partial charge in [0.25, 0.3) is 5.91 Å². The smallest absolute Gasteiger partial charge is 0.253 e. The molecule has 1 N–H and O–H groups in total. The number of nitrogens with one attached hydrogen (secondary N) is 1. The fraction of sp³-hybridized carbons (Fsp3) is 0.571. The highest BCUT2D eigenvalue weighted by Gasteiger charge is 2.13. The Balaban J connectivity index is 3.09. The van der Waals surface area contributed by atoms with Crippen LogP contribution in [0.4, 0.5) is 5.82 Å². The zero-order valence-electron chi connectivity index (χ0n) is 11.9. The van der Waals surface area contributed by atoms with E-state index in [1.807, 2.05) is 12.1 Å². The molecule has 0 aliphatic carbocycles. The molecule has 1 rings (SSSR count). The summed E-state index contributed by atoms with van der Waals surface area (Å²) in [6.45, 7) is 7.13. The Morgan fingerprint density at radius 3 is 2.56 bits per heavy atom. The summed E-state index contributed by atoms with van der Waals surface area (Å²) in [6.07, 6.45) is 1.03. The second kappa shape index (κ2) is 6.38. The van der Waals surface area contributed by atoms with Crippen LogP contribution in [-0.2, 0) is 0 Å². The van der Waals surface area contributed by atoms with Crippen LogP contribution in [0.5, 0.6) is 0 Å². The van der Waals surface area contributed by atoms with Crippen molar-refractivity contribution in [1.82, 2.24) is 9.88 Å². The van der Waals surface area contributed by atoms with E-state index in [-0.39, 0.29) is 5.91 Å². The summed E-state index contributed by atoms with van der Waals surface area (Å²) in [5, 5.41) is 3.24. The van der Waals surface area contributed by atoms with Gasteiger partial charge in [0.2, 0.25) is 0 Å². The molecule has 0 atom stereocenters. The monoisotopic (exact) mass is 249 g/mol. The Morgan fingerprint density at radius 1 is 1.39 bits per heavy atom. The summed E-state index contributed by atoms with van der Waals surface area (Å²) < 4.78 is 0. The lowest BCUT2D eigenvalue weighted by Crippen LogP contribution is -2.22. The molecule has 1 amide bonds. The fourth-order valence-electron chi connectivity index (χ4n) is 1.57. The third-order valence-electron chi connectivity index (χ3n) is 2.65. The van der Waals surface area contributed by atoms with Crippen LogP contribution in [-0.4, -0.2) is 36.4 Å². The number of carbonyl (C=O) groups excluding carboxylic acids is 1. The molecule has 0 aliphatic heterocycles. The van der Waals surface area contributed by atoms with Crippen molar-refractivity contribution in [3.63, 3.8) is 0 Å². The van der Waals surface area contributed by atoms with Gasteiger partial charge in [0.1, 0.15) is 5.82 Å². The molecule has 0 aliphatic rings. The molecule has 0 fully saturated rings. The van der Waals surface area contributed by atoms with E-state index in [9.17, 15) is 4.79 Å². The van der Waals surface area contributed by atoms with Gasteiger partial charge in [-0.2, -0.15) is 0 Å². The van der Waals surface area contributed by atoms with Gasteiger partial charge in [0.15, 0.2) is 0 Å². The van der Waals surface area contributed by atoms with E-state index < -0.39 is 0 Å². The highest BCUT2D eigenvalue weighted by atomic mass is 16.2. The Labute approximate surface area is 109 Å². The molecule has 0 aromatic carbocycles. The lowest BCUT2D eigenvalue weighted by molar-refractivity contribution is 0.0827. The van der Waals surface area contributed by atoms with Gasteiger partial charge in [-0.05, 0) is 24.5 Å². The SMILES string of the molecule is CCCNc1cc(C(=O)N(C)C)cc(C(C)C)n1. The summed E-state index contributed by atoms with van der Waals surface area (Å²) in [5.74, 6) is 1.11. The van der Waals surface area contributed by atoms with Crippen molar-refractivity contribution in [2.24, 2.45) is 0 Å². The van der Waals surface area contributed by atoms with E-state index in [2.05, 4.69) is 31.1 Å². The zero-order valence-corrected chi connectivity index (χ0v) is 11.9. The molecule has 4 heteroatoms. The van der Waals surface area contributed by atoms with E-state index in [0.29, 0.717) is 11.5 Å². The molecule has 4 nitrogen and oxygen atoms in total. The van der Waals surface area contributed by atoms with Gasteiger partial charge in [0.05, 0.1) is 0 Å². The third-order valence-corrected chi connectivity index (χ3v) is 2.65. The van der Waals surface area contributed by atoms with Gasteiger partial charge >= 0.3 is 0 Å². The molecule has 18 heavy (non-hydrogen) atoms. The minimum absolute atomic E-state index is 0.0128. The Bertz CT molecular complexity index is 414. The van der Waals surface area contributed by atoms with Crippen molar-refractivity contribution in [2.75, 3.05) is 26.0 Å². The number of rotatable bonds is 5. The topological polar surface area (TPSA) is 45.2 Å². The van der Waals surface area contributed by atoms with Crippen molar-refractivity contribution in [3.05, 3.63) is 23.4 Å². The first-order valence-electron chi connectivity index (χ1n) is 6.43. The predicted octanol–water partition coefficient (Wildman–Crippen LogP) is 2.73. The minimum atomic E-state index is 0.0128. The molecular weight excluding hydrogens is 226 g/mol. The van der Waals surface area contributed by atoms with Gasteiger partial charge in [-0.25, -0.2) is 4.98 Å².